The summed E-state index contributed by atoms with van der Waals surface area (Å²) in [7, 11) is 0. The van der Waals surface area contributed by atoms with E-state index in [1.807, 2.05) is 12.1 Å². The molecule has 0 aromatic carbocycles. The average molecular weight is 174 g/mol. The predicted octanol–water partition coefficient (Wildman–Crippen LogP) is -0.682. The second-order valence-corrected chi connectivity index (χ2v) is 2.52. The monoisotopic (exact) mass is 175 g/mol. The van der Waals surface area contributed by atoms with Crippen molar-refractivity contribution in [3.05, 3.63) is 24.4 Å². The zero-order chi connectivity index (χ0) is 5.82. The van der Waals surface area contributed by atoms with Crippen LogP contribution in [0.1, 0.15) is 0 Å². The van der Waals surface area contributed by atoms with Crippen molar-refractivity contribution in [3.8, 4) is 0 Å². The Bertz CT molecular complexity index is 154. The van der Waals surface area contributed by atoms with Crippen LogP contribution in [0.4, 0.5) is 0 Å². The van der Waals surface area contributed by atoms with Crippen molar-refractivity contribution < 1.29 is 4.19 Å². The van der Waals surface area contributed by atoms with Crippen LogP contribution in [0.5, 0.6) is 0 Å². The van der Waals surface area contributed by atoms with Gasteiger partial charge in [-0.2, -0.15) is 0 Å². The van der Waals surface area contributed by atoms with Gasteiger partial charge >= 0.3 is 53.4 Å². The zero-order valence-electron chi connectivity index (χ0n) is 4.11. The summed E-state index contributed by atoms with van der Waals surface area (Å²) in [6, 6.07) is 5.50. The van der Waals surface area contributed by atoms with Gasteiger partial charge in [-0.3, -0.25) is 0 Å². The van der Waals surface area contributed by atoms with E-state index in [1.54, 1.807) is 12.3 Å². The number of aromatic nitrogens is 1. The van der Waals surface area contributed by atoms with Gasteiger partial charge in [0.15, 0.2) is 0 Å². The molecule has 0 saturated carbocycles. The molecule has 42 valence electrons. The molecule has 1 aromatic heterocycles. The molecule has 3 heteroatoms. The third kappa shape index (κ3) is 1.30. The second kappa shape index (κ2) is 2.82. The van der Waals surface area contributed by atoms with Gasteiger partial charge in [0.25, 0.3) is 0 Å². The van der Waals surface area contributed by atoms with Crippen molar-refractivity contribution in [1.29, 1.82) is 0 Å². The molecule has 0 aliphatic rings. The topological polar surface area (TPSA) is 33.1 Å². The molecule has 1 N–H and O–H groups in total. The van der Waals surface area contributed by atoms with E-state index in [4.69, 9.17) is 4.19 Å². The van der Waals surface area contributed by atoms with E-state index in [9.17, 15) is 0 Å². The van der Waals surface area contributed by atoms with E-state index in [-0.39, 0.29) is 0 Å². The van der Waals surface area contributed by atoms with Gasteiger partial charge in [-0.05, 0) is 0 Å². The molecule has 2 nitrogen and oxygen atoms in total. The summed E-state index contributed by atoms with van der Waals surface area (Å²) in [5.74, 6) is 0. The normalized spacial score (nSPS) is 9.12. The Kier molecular flexibility index (Phi) is 2.03. The summed E-state index contributed by atoms with van der Waals surface area (Å²) >= 11 is -0.443. The van der Waals surface area contributed by atoms with Gasteiger partial charge in [0.2, 0.25) is 0 Å². The third-order valence-corrected chi connectivity index (χ3v) is 1.63. The molecular formula is C5H5NOSe. The number of hydrogen-bond acceptors (Lipinski definition) is 2. The molecule has 0 spiro atoms. The van der Waals surface area contributed by atoms with Gasteiger partial charge in [0.05, 0.1) is 0 Å². The maximum absolute atomic E-state index is 8.54. The molecule has 0 amide bonds. The molecule has 0 aliphatic heterocycles. The van der Waals surface area contributed by atoms with E-state index in [1.165, 1.54) is 0 Å². The van der Waals surface area contributed by atoms with Crippen molar-refractivity contribution in [3.63, 3.8) is 0 Å². The summed E-state index contributed by atoms with van der Waals surface area (Å²) in [4.78, 5) is 3.88. The van der Waals surface area contributed by atoms with Gasteiger partial charge in [0, 0.05) is 0 Å². The van der Waals surface area contributed by atoms with Gasteiger partial charge in [-0.25, -0.2) is 0 Å². The summed E-state index contributed by atoms with van der Waals surface area (Å²) < 4.78 is 9.32. The Morgan fingerprint density at radius 1 is 1.50 bits per heavy atom. The van der Waals surface area contributed by atoms with E-state index < -0.39 is 15.3 Å². The molecule has 0 unspecified atom stereocenters. The molecule has 0 atom stereocenters. The number of nitrogens with zero attached hydrogens (tertiary/aromatic N) is 1. The molecule has 8 heavy (non-hydrogen) atoms. The zero-order valence-corrected chi connectivity index (χ0v) is 5.83. The van der Waals surface area contributed by atoms with Crippen LogP contribution in [-0.4, -0.2) is 24.5 Å². The molecule has 1 aromatic rings. The first kappa shape index (κ1) is 5.76. The molecule has 0 fully saturated rings. The van der Waals surface area contributed by atoms with Crippen LogP contribution in [0.25, 0.3) is 0 Å². The van der Waals surface area contributed by atoms with Crippen molar-refractivity contribution >= 4 is 19.9 Å². The standard InChI is InChI=1S/C5H5NOSe/c7-8-5-3-1-2-4-6-5/h1-4,7H. The molecule has 1 heterocycles. The number of hydrogen-bond donors (Lipinski definition) is 1. The Morgan fingerprint density at radius 3 is 2.75 bits per heavy atom. The minimum absolute atomic E-state index is 0.443. The number of pyridine rings is 1. The van der Waals surface area contributed by atoms with Crippen LogP contribution >= 0.6 is 0 Å². The quantitative estimate of drug-likeness (QED) is 0.572. The first-order valence-electron chi connectivity index (χ1n) is 2.16. The van der Waals surface area contributed by atoms with Crippen molar-refractivity contribution in [2.75, 3.05) is 0 Å². The molecule has 0 aliphatic carbocycles. The third-order valence-electron chi connectivity index (χ3n) is 0.731. The van der Waals surface area contributed by atoms with Crippen LogP contribution in [0, 0.1) is 0 Å². The number of rotatable bonds is 1. The van der Waals surface area contributed by atoms with Crippen LogP contribution in [0.3, 0.4) is 0 Å². The average Bonchev–Trinajstić information content (AvgIpc) is 1.90. The summed E-state index contributed by atoms with van der Waals surface area (Å²) in [6.45, 7) is 0. The minimum atomic E-state index is -0.443. The van der Waals surface area contributed by atoms with Crippen LogP contribution in [-0.2, 0) is 0 Å². The van der Waals surface area contributed by atoms with E-state index in [2.05, 4.69) is 4.98 Å². The van der Waals surface area contributed by atoms with Crippen LogP contribution in [0.15, 0.2) is 24.4 Å². The van der Waals surface area contributed by atoms with Gasteiger partial charge in [0.1, 0.15) is 0 Å². The van der Waals surface area contributed by atoms with E-state index in [0.717, 1.165) is 4.59 Å². The Hall–Kier alpha value is -0.371. The van der Waals surface area contributed by atoms with Crippen molar-refractivity contribution in [2.45, 2.75) is 0 Å². The molecule has 1 rings (SSSR count). The second-order valence-electron chi connectivity index (χ2n) is 1.26. The van der Waals surface area contributed by atoms with Crippen LogP contribution < -0.4 is 4.59 Å². The Morgan fingerprint density at radius 2 is 2.38 bits per heavy atom. The van der Waals surface area contributed by atoms with Crippen molar-refractivity contribution in [2.24, 2.45) is 0 Å². The van der Waals surface area contributed by atoms with E-state index in [0.29, 0.717) is 0 Å². The van der Waals surface area contributed by atoms with Gasteiger partial charge in [-0.15, -0.1) is 0 Å². The maximum atomic E-state index is 8.54. The summed E-state index contributed by atoms with van der Waals surface area (Å²) in [6.07, 6.45) is 1.67. The first-order chi connectivity index (χ1) is 3.93. The van der Waals surface area contributed by atoms with Crippen molar-refractivity contribution in [1.82, 2.24) is 4.98 Å². The first-order valence-corrected chi connectivity index (χ1v) is 3.78. The molecule has 0 saturated heterocycles. The fourth-order valence-electron chi connectivity index (χ4n) is 0.401. The van der Waals surface area contributed by atoms with E-state index >= 15 is 0 Å². The SMILES string of the molecule is O[Se]c1ccccn1. The molecule has 0 radical (unpaired) electrons. The Labute approximate surface area is 54.1 Å². The summed E-state index contributed by atoms with van der Waals surface area (Å²) in [5, 5.41) is 0. The fourth-order valence-corrected chi connectivity index (χ4v) is 0.920. The summed E-state index contributed by atoms with van der Waals surface area (Å²) in [5.41, 5.74) is 0. The molecule has 0 bridgehead atoms. The fraction of sp³-hybridized carbons (Fsp3) is 0. The Balaban J connectivity index is 2.83. The molecular weight excluding hydrogens is 169 g/mol. The van der Waals surface area contributed by atoms with Gasteiger partial charge < -0.3 is 0 Å². The van der Waals surface area contributed by atoms with Gasteiger partial charge in [-0.1, -0.05) is 0 Å². The predicted molar refractivity (Wildman–Crippen MR) is 31.8 cm³/mol. The van der Waals surface area contributed by atoms with Crippen LogP contribution in [0.2, 0.25) is 0 Å².